The number of ether oxygens (including phenoxy) is 1. The van der Waals surface area contributed by atoms with Crippen LogP contribution in [0.1, 0.15) is 5.56 Å². The standard InChI is InChI=1S/C19H22N4O3S/c1-14-7-8-17(26-2)18(13-14)27(24,25)23-11-9-22(10-12-23)19-20-15-5-3-4-6-16(15)21-19/h3-8,13H,9-12H2,1-2H3,(H,20,21). The van der Waals surface area contributed by atoms with Crippen molar-refractivity contribution in [1.82, 2.24) is 14.3 Å². The van der Waals surface area contributed by atoms with E-state index in [1.807, 2.05) is 37.3 Å². The number of nitrogens with zero attached hydrogens (tertiary/aromatic N) is 3. The number of aryl methyl sites for hydroxylation is 1. The third-order valence-electron chi connectivity index (χ3n) is 4.85. The monoisotopic (exact) mass is 386 g/mol. The Labute approximate surface area is 158 Å². The maximum atomic E-state index is 13.1. The summed E-state index contributed by atoms with van der Waals surface area (Å²) in [4.78, 5) is 10.2. The molecule has 0 radical (unpaired) electrons. The van der Waals surface area contributed by atoms with E-state index in [0.29, 0.717) is 31.9 Å². The summed E-state index contributed by atoms with van der Waals surface area (Å²) in [5.41, 5.74) is 2.77. The van der Waals surface area contributed by atoms with E-state index in [2.05, 4.69) is 14.9 Å². The van der Waals surface area contributed by atoms with Crippen LogP contribution in [0.2, 0.25) is 0 Å². The molecular weight excluding hydrogens is 364 g/mol. The quantitative estimate of drug-likeness (QED) is 0.745. The fourth-order valence-corrected chi connectivity index (χ4v) is 5.02. The lowest BCUT2D eigenvalue weighted by Crippen LogP contribution is -2.49. The molecule has 7 nitrogen and oxygen atoms in total. The largest absolute Gasteiger partial charge is 0.495 e. The van der Waals surface area contributed by atoms with Crippen LogP contribution in [0.5, 0.6) is 5.75 Å². The summed E-state index contributed by atoms with van der Waals surface area (Å²) in [6, 6.07) is 13.1. The lowest BCUT2D eigenvalue weighted by Gasteiger charge is -2.34. The van der Waals surface area contributed by atoms with Crippen LogP contribution in [0.15, 0.2) is 47.4 Å². The van der Waals surface area contributed by atoms with E-state index >= 15 is 0 Å². The maximum Gasteiger partial charge on any atom is 0.246 e. The van der Waals surface area contributed by atoms with Gasteiger partial charge in [0.05, 0.1) is 18.1 Å². The summed E-state index contributed by atoms with van der Waals surface area (Å²) in [5.74, 6) is 1.15. The number of H-pyrrole nitrogens is 1. The molecule has 1 N–H and O–H groups in total. The van der Waals surface area contributed by atoms with Gasteiger partial charge in [-0.3, -0.25) is 0 Å². The minimum absolute atomic E-state index is 0.224. The predicted octanol–water partition coefficient (Wildman–Crippen LogP) is 2.39. The molecule has 1 fully saturated rings. The lowest BCUT2D eigenvalue weighted by atomic mass is 10.2. The van der Waals surface area contributed by atoms with Crippen LogP contribution in [0.25, 0.3) is 11.0 Å². The van der Waals surface area contributed by atoms with Crippen LogP contribution >= 0.6 is 0 Å². The number of rotatable bonds is 4. The number of fused-ring (bicyclic) bond motifs is 1. The average molecular weight is 386 g/mol. The minimum atomic E-state index is -3.61. The van der Waals surface area contributed by atoms with Gasteiger partial charge in [-0.05, 0) is 36.8 Å². The summed E-state index contributed by atoms with van der Waals surface area (Å²) >= 11 is 0. The maximum absolute atomic E-state index is 13.1. The number of piperazine rings is 1. The van der Waals surface area contributed by atoms with Crippen molar-refractivity contribution in [3.63, 3.8) is 0 Å². The highest BCUT2D eigenvalue weighted by Crippen LogP contribution is 2.29. The Morgan fingerprint density at radius 2 is 1.81 bits per heavy atom. The normalized spacial score (nSPS) is 16.0. The molecule has 2 aromatic carbocycles. The third-order valence-corrected chi connectivity index (χ3v) is 6.77. The van der Waals surface area contributed by atoms with Crippen LogP contribution in [-0.4, -0.2) is 56.0 Å². The van der Waals surface area contributed by atoms with Crippen molar-refractivity contribution >= 4 is 27.0 Å². The summed E-state index contributed by atoms with van der Waals surface area (Å²) in [5, 5.41) is 0. The Morgan fingerprint density at radius 1 is 1.07 bits per heavy atom. The average Bonchev–Trinajstić information content (AvgIpc) is 3.12. The smallest absolute Gasteiger partial charge is 0.246 e. The summed E-state index contributed by atoms with van der Waals surface area (Å²) in [6.45, 7) is 3.82. The number of sulfonamides is 1. The van der Waals surface area contributed by atoms with Gasteiger partial charge in [0.2, 0.25) is 16.0 Å². The molecule has 0 bridgehead atoms. The predicted molar refractivity (Wildman–Crippen MR) is 105 cm³/mol. The second-order valence-electron chi connectivity index (χ2n) is 6.62. The summed E-state index contributed by atoms with van der Waals surface area (Å²) in [7, 11) is -2.12. The number of anilines is 1. The first-order valence-electron chi connectivity index (χ1n) is 8.83. The zero-order chi connectivity index (χ0) is 19.0. The van der Waals surface area contributed by atoms with E-state index in [0.717, 1.165) is 22.5 Å². The topological polar surface area (TPSA) is 78.5 Å². The van der Waals surface area contributed by atoms with Crippen LogP contribution in [0.3, 0.4) is 0 Å². The van der Waals surface area contributed by atoms with Gasteiger partial charge in [0.1, 0.15) is 10.6 Å². The Kier molecular flexibility index (Phi) is 4.53. The first kappa shape index (κ1) is 17.8. The molecular formula is C19H22N4O3S. The fourth-order valence-electron chi connectivity index (χ4n) is 3.35. The molecule has 1 aliphatic rings. The number of methoxy groups -OCH3 is 1. The molecule has 142 valence electrons. The van der Waals surface area contributed by atoms with Gasteiger partial charge >= 0.3 is 0 Å². The van der Waals surface area contributed by atoms with E-state index in [-0.39, 0.29) is 4.90 Å². The van der Waals surface area contributed by atoms with Crippen molar-refractivity contribution in [3.05, 3.63) is 48.0 Å². The van der Waals surface area contributed by atoms with Gasteiger partial charge in [0.15, 0.2) is 0 Å². The highest BCUT2D eigenvalue weighted by molar-refractivity contribution is 7.89. The SMILES string of the molecule is COc1ccc(C)cc1S(=O)(=O)N1CCN(c2nc3ccccc3[nH]2)CC1. The summed E-state index contributed by atoms with van der Waals surface area (Å²) < 4.78 is 33.0. The second-order valence-corrected chi connectivity index (χ2v) is 8.53. The van der Waals surface area contributed by atoms with E-state index in [1.165, 1.54) is 11.4 Å². The molecule has 27 heavy (non-hydrogen) atoms. The number of hydrogen-bond acceptors (Lipinski definition) is 5. The van der Waals surface area contributed by atoms with Gasteiger partial charge in [-0.2, -0.15) is 4.31 Å². The van der Waals surface area contributed by atoms with E-state index in [9.17, 15) is 8.42 Å². The molecule has 3 aromatic rings. The van der Waals surface area contributed by atoms with Gasteiger partial charge in [0, 0.05) is 26.2 Å². The molecule has 2 heterocycles. The number of hydrogen-bond donors (Lipinski definition) is 1. The van der Waals surface area contributed by atoms with Gasteiger partial charge in [-0.15, -0.1) is 0 Å². The van der Waals surface area contributed by atoms with Gasteiger partial charge in [-0.1, -0.05) is 18.2 Å². The molecule has 0 saturated carbocycles. The molecule has 1 aliphatic heterocycles. The van der Waals surface area contributed by atoms with Crippen molar-refractivity contribution in [2.45, 2.75) is 11.8 Å². The molecule has 0 aliphatic carbocycles. The van der Waals surface area contributed by atoms with Crippen LogP contribution in [0.4, 0.5) is 5.95 Å². The van der Waals surface area contributed by atoms with E-state index in [1.54, 1.807) is 12.1 Å². The third kappa shape index (κ3) is 3.26. The van der Waals surface area contributed by atoms with Crippen LogP contribution in [0, 0.1) is 6.92 Å². The minimum Gasteiger partial charge on any atom is -0.495 e. The van der Waals surface area contributed by atoms with E-state index < -0.39 is 10.0 Å². The molecule has 0 amide bonds. The van der Waals surface area contributed by atoms with Gasteiger partial charge in [0.25, 0.3) is 0 Å². The zero-order valence-electron chi connectivity index (χ0n) is 15.3. The van der Waals surface area contributed by atoms with Crippen LogP contribution < -0.4 is 9.64 Å². The van der Waals surface area contributed by atoms with E-state index in [4.69, 9.17) is 4.74 Å². The molecule has 4 rings (SSSR count). The summed E-state index contributed by atoms with van der Waals surface area (Å²) in [6.07, 6.45) is 0. The number of para-hydroxylation sites is 2. The Balaban J connectivity index is 1.54. The van der Waals surface area contributed by atoms with Crippen molar-refractivity contribution in [2.75, 3.05) is 38.2 Å². The van der Waals surface area contributed by atoms with Crippen molar-refractivity contribution in [3.8, 4) is 5.75 Å². The first-order chi connectivity index (χ1) is 13.0. The number of benzene rings is 2. The van der Waals surface area contributed by atoms with Crippen LogP contribution in [-0.2, 0) is 10.0 Å². The lowest BCUT2D eigenvalue weighted by molar-refractivity contribution is 0.373. The van der Waals surface area contributed by atoms with Crippen molar-refractivity contribution in [1.29, 1.82) is 0 Å². The molecule has 0 spiro atoms. The molecule has 8 heteroatoms. The van der Waals surface area contributed by atoms with Gasteiger partial charge < -0.3 is 14.6 Å². The molecule has 0 atom stereocenters. The fraction of sp³-hybridized carbons (Fsp3) is 0.316. The number of nitrogens with one attached hydrogen (secondary N) is 1. The highest BCUT2D eigenvalue weighted by Gasteiger charge is 2.31. The first-order valence-corrected chi connectivity index (χ1v) is 10.3. The number of aromatic nitrogens is 2. The Hall–Kier alpha value is -2.58. The van der Waals surface area contributed by atoms with Crippen molar-refractivity contribution in [2.24, 2.45) is 0 Å². The number of imidazole rings is 1. The molecule has 0 unspecified atom stereocenters. The van der Waals surface area contributed by atoms with Gasteiger partial charge in [-0.25, -0.2) is 13.4 Å². The highest BCUT2D eigenvalue weighted by atomic mass is 32.2. The Bertz CT molecular complexity index is 1040. The molecule has 1 aromatic heterocycles. The van der Waals surface area contributed by atoms with Crippen molar-refractivity contribution < 1.29 is 13.2 Å². The molecule has 1 saturated heterocycles. The second kappa shape index (κ2) is 6.86. The number of aromatic amines is 1. The Morgan fingerprint density at radius 3 is 2.52 bits per heavy atom. The zero-order valence-corrected chi connectivity index (χ0v) is 16.2.